The molecule has 9 heteroatoms. The number of hydrogen-bond donors (Lipinski definition) is 3. The van der Waals surface area contributed by atoms with Crippen LogP contribution in [0.5, 0.6) is 0 Å². The maximum Gasteiger partial charge on any atom is 0.285 e. The van der Waals surface area contributed by atoms with E-state index >= 15 is 0 Å². The summed E-state index contributed by atoms with van der Waals surface area (Å²) in [5.74, 6) is 0. The lowest BCUT2D eigenvalue weighted by Crippen LogP contribution is -2.41. The summed E-state index contributed by atoms with van der Waals surface area (Å²) in [6.07, 6.45) is 0. The van der Waals surface area contributed by atoms with Crippen LogP contribution in [-0.2, 0) is 20.1 Å². The Bertz CT molecular complexity index is 298. The van der Waals surface area contributed by atoms with Crippen LogP contribution in [0.25, 0.3) is 0 Å². The van der Waals surface area contributed by atoms with Crippen molar-refractivity contribution in [3.05, 3.63) is 0 Å². The van der Waals surface area contributed by atoms with Gasteiger partial charge in [-0.15, -0.1) is 0 Å². The second-order valence-corrected chi connectivity index (χ2v) is 5.74. The second-order valence-electron chi connectivity index (χ2n) is 2.09. The molecule has 0 heterocycles. The highest BCUT2D eigenvalue weighted by atomic mass is 32.3. The van der Waals surface area contributed by atoms with Crippen LogP contribution in [0.15, 0.2) is 0 Å². The highest BCUT2D eigenvalue weighted by Crippen LogP contribution is 2.02. The first-order chi connectivity index (χ1) is 5.19. The molecule has 0 fully saturated rings. The van der Waals surface area contributed by atoms with Gasteiger partial charge in [0, 0.05) is 6.54 Å². The predicted molar refractivity (Wildman–Crippen MR) is 42.4 cm³/mol. The van der Waals surface area contributed by atoms with E-state index < -0.39 is 31.3 Å². The maximum absolute atomic E-state index is 10.6. The summed E-state index contributed by atoms with van der Waals surface area (Å²) in [6.45, 7) is -0.447. The van der Waals surface area contributed by atoms with Gasteiger partial charge in [0.25, 0.3) is 10.1 Å². The smallest absolute Gasteiger partial charge is 0.285 e. The zero-order valence-corrected chi connectivity index (χ0v) is 7.89. The molecule has 12 heavy (non-hydrogen) atoms. The molecule has 74 valence electrons. The van der Waals surface area contributed by atoms with E-state index in [4.69, 9.17) is 4.55 Å². The predicted octanol–water partition coefficient (Wildman–Crippen LogP) is -2.29. The lowest BCUT2D eigenvalue weighted by Gasteiger charge is -2.09. The molecule has 0 aromatic heterocycles. The number of nitrogens with two attached hydrogens (primary N) is 1. The van der Waals surface area contributed by atoms with Crippen molar-refractivity contribution in [3.8, 4) is 0 Å². The molecule has 1 atom stereocenters. The molecule has 0 aromatic carbocycles. The Balaban J connectivity index is 4.97. The molecule has 0 aliphatic rings. The summed E-state index contributed by atoms with van der Waals surface area (Å²) >= 11 is 0. The van der Waals surface area contributed by atoms with Gasteiger partial charge in [0.2, 0.25) is 14.6 Å². The highest BCUT2D eigenvalue weighted by Gasteiger charge is 2.33. The van der Waals surface area contributed by atoms with Crippen molar-refractivity contribution in [2.75, 3.05) is 13.6 Å². The Morgan fingerprint density at radius 2 is 1.83 bits per heavy atom. The van der Waals surface area contributed by atoms with Crippen LogP contribution in [0.1, 0.15) is 0 Å². The average Bonchev–Trinajstić information content (AvgIpc) is 1.77. The van der Waals surface area contributed by atoms with Gasteiger partial charge in [-0.2, -0.15) is 8.42 Å². The fourth-order valence-electron chi connectivity index (χ4n) is 0.558. The molecule has 0 bridgehead atoms. The molecule has 0 aliphatic carbocycles. The molecule has 0 spiro atoms. The van der Waals surface area contributed by atoms with Gasteiger partial charge < -0.3 is 5.32 Å². The van der Waals surface area contributed by atoms with Crippen molar-refractivity contribution in [2.45, 2.75) is 4.58 Å². The van der Waals surface area contributed by atoms with E-state index in [1.165, 1.54) is 7.05 Å². The molecule has 0 saturated heterocycles. The van der Waals surface area contributed by atoms with Gasteiger partial charge in [-0.25, -0.2) is 13.6 Å². The van der Waals surface area contributed by atoms with Crippen LogP contribution >= 0.6 is 0 Å². The Morgan fingerprint density at radius 1 is 1.42 bits per heavy atom. The third kappa shape index (κ3) is 3.45. The van der Waals surface area contributed by atoms with Gasteiger partial charge in [0.1, 0.15) is 0 Å². The third-order valence-corrected chi connectivity index (χ3v) is 4.33. The SMILES string of the molecule is CNCC(S(N)(=O)=O)S(=O)(=O)O. The number of primary sulfonamides is 1. The summed E-state index contributed by atoms with van der Waals surface area (Å²) in [5, 5.41) is 6.83. The van der Waals surface area contributed by atoms with Gasteiger partial charge in [0.15, 0.2) is 0 Å². The van der Waals surface area contributed by atoms with E-state index in [0.29, 0.717) is 0 Å². The molecular weight excluding hydrogens is 208 g/mol. The molecule has 0 rings (SSSR count). The maximum atomic E-state index is 10.6. The van der Waals surface area contributed by atoms with Gasteiger partial charge in [-0.3, -0.25) is 4.55 Å². The van der Waals surface area contributed by atoms with Crippen LogP contribution in [-0.4, -0.2) is 39.6 Å². The van der Waals surface area contributed by atoms with Gasteiger partial charge >= 0.3 is 0 Å². The summed E-state index contributed by atoms with van der Waals surface area (Å²) < 4.78 is 48.4. The number of rotatable bonds is 4. The Hall–Kier alpha value is -0.220. The zero-order chi connectivity index (χ0) is 9.99. The molecular formula is C3H10N2O5S2. The quantitative estimate of drug-likeness (QED) is 0.456. The number of nitrogens with one attached hydrogen (secondary N) is 1. The third-order valence-electron chi connectivity index (χ3n) is 1.07. The van der Waals surface area contributed by atoms with Crippen molar-refractivity contribution >= 4 is 20.1 Å². The molecule has 0 saturated carbocycles. The van der Waals surface area contributed by atoms with E-state index in [2.05, 4.69) is 10.5 Å². The standard InChI is InChI=1S/C3H10N2O5S2/c1-5-2-3(11(4,6)7)12(8,9)10/h3,5H,2H2,1H3,(H2,4,6,7)(H,8,9,10). The van der Waals surface area contributed by atoms with Crippen molar-refractivity contribution in [1.82, 2.24) is 5.32 Å². The highest BCUT2D eigenvalue weighted by molar-refractivity contribution is 8.05. The number of hydrogen-bond acceptors (Lipinski definition) is 5. The first-order valence-electron chi connectivity index (χ1n) is 2.82. The monoisotopic (exact) mass is 218 g/mol. The van der Waals surface area contributed by atoms with Crippen LogP contribution < -0.4 is 10.5 Å². The van der Waals surface area contributed by atoms with Crippen LogP contribution in [0.4, 0.5) is 0 Å². The Kier molecular flexibility index (Phi) is 3.59. The van der Waals surface area contributed by atoms with E-state index in [1.54, 1.807) is 0 Å². The molecule has 0 amide bonds. The van der Waals surface area contributed by atoms with Crippen molar-refractivity contribution < 1.29 is 21.4 Å². The molecule has 0 aliphatic heterocycles. The second kappa shape index (κ2) is 3.66. The first-order valence-corrected chi connectivity index (χ1v) is 5.93. The zero-order valence-electron chi connectivity index (χ0n) is 6.26. The summed E-state index contributed by atoms with van der Waals surface area (Å²) in [4.78, 5) is 0. The summed E-state index contributed by atoms with van der Waals surface area (Å²) in [5.41, 5.74) is 0. The number of sulfonamides is 1. The Morgan fingerprint density at radius 3 is 1.92 bits per heavy atom. The van der Waals surface area contributed by atoms with E-state index in [9.17, 15) is 16.8 Å². The van der Waals surface area contributed by atoms with E-state index in [-0.39, 0.29) is 0 Å². The molecule has 1 unspecified atom stereocenters. The van der Waals surface area contributed by atoms with Crippen LogP contribution in [0, 0.1) is 0 Å². The lowest BCUT2D eigenvalue weighted by atomic mass is 10.7. The van der Waals surface area contributed by atoms with Gasteiger partial charge in [0.05, 0.1) is 0 Å². The Labute approximate surface area is 70.7 Å². The van der Waals surface area contributed by atoms with Gasteiger partial charge in [-0.05, 0) is 7.05 Å². The van der Waals surface area contributed by atoms with Gasteiger partial charge in [-0.1, -0.05) is 0 Å². The normalized spacial score (nSPS) is 15.9. The van der Waals surface area contributed by atoms with Crippen LogP contribution in [0.3, 0.4) is 0 Å². The molecule has 0 radical (unpaired) electrons. The van der Waals surface area contributed by atoms with E-state index in [0.717, 1.165) is 0 Å². The van der Waals surface area contributed by atoms with Crippen LogP contribution in [0.2, 0.25) is 0 Å². The topological polar surface area (TPSA) is 127 Å². The van der Waals surface area contributed by atoms with Crippen molar-refractivity contribution in [2.24, 2.45) is 5.14 Å². The molecule has 4 N–H and O–H groups in total. The first kappa shape index (κ1) is 11.8. The van der Waals surface area contributed by atoms with E-state index in [1.807, 2.05) is 0 Å². The summed E-state index contributed by atoms with van der Waals surface area (Å²) in [6, 6.07) is 0. The lowest BCUT2D eigenvalue weighted by molar-refractivity contribution is 0.474. The molecule has 7 nitrogen and oxygen atoms in total. The van der Waals surface area contributed by atoms with Crippen molar-refractivity contribution in [1.29, 1.82) is 0 Å². The minimum absolute atomic E-state index is 0.447. The summed E-state index contributed by atoms with van der Waals surface area (Å²) in [7, 11) is -7.61. The molecule has 0 aromatic rings. The fourth-order valence-corrected chi connectivity index (χ4v) is 2.69. The largest absolute Gasteiger partial charge is 0.317 e. The van der Waals surface area contributed by atoms with Crippen molar-refractivity contribution in [3.63, 3.8) is 0 Å². The minimum Gasteiger partial charge on any atom is -0.317 e. The average molecular weight is 218 g/mol. The fraction of sp³-hybridized carbons (Fsp3) is 1.00. The minimum atomic E-state index is -4.66.